The number of amides is 1. The van der Waals surface area contributed by atoms with Gasteiger partial charge in [-0.25, -0.2) is 9.59 Å². The molecule has 1 amide bonds. The van der Waals surface area contributed by atoms with Crippen LogP contribution in [0, 0.1) is 5.92 Å². The number of carbonyl (C=O) groups excluding carboxylic acids is 1. The number of carboxylic acids is 1. The lowest BCUT2D eigenvalue weighted by atomic mass is 10.1. The van der Waals surface area contributed by atoms with Gasteiger partial charge in [0, 0.05) is 13.1 Å². The lowest BCUT2D eigenvalue weighted by Crippen LogP contribution is -2.35. The number of carbonyl (C=O) groups is 2. The highest BCUT2D eigenvalue weighted by Gasteiger charge is 2.29. The summed E-state index contributed by atoms with van der Waals surface area (Å²) in [4.78, 5) is 24.5. The third-order valence-corrected chi connectivity index (χ3v) is 3.87. The van der Waals surface area contributed by atoms with Gasteiger partial charge in [-0.2, -0.15) is 0 Å². The number of hydrogen-bond donors (Lipinski definition) is 2. The van der Waals surface area contributed by atoms with Gasteiger partial charge in [0.2, 0.25) is 0 Å². The van der Waals surface area contributed by atoms with Crippen LogP contribution < -0.4 is 5.32 Å². The zero-order valence-corrected chi connectivity index (χ0v) is 14.5. The Bertz CT molecular complexity index is 576. The van der Waals surface area contributed by atoms with Crippen molar-refractivity contribution < 1.29 is 23.8 Å². The Balaban J connectivity index is 1.65. The Kier molecular flexibility index (Phi) is 5.88. The highest BCUT2D eigenvalue weighted by Crippen LogP contribution is 2.21. The largest absolute Gasteiger partial charge is 0.478 e. The second kappa shape index (κ2) is 7.70. The van der Waals surface area contributed by atoms with Gasteiger partial charge in [-0.1, -0.05) is 0 Å². The highest BCUT2D eigenvalue weighted by molar-refractivity contribution is 5.87. The predicted molar refractivity (Wildman–Crippen MR) is 87.9 cm³/mol. The first-order valence-electron chi connectivity index (χ1n) is 8.24. The summed E-state index contributed by atoms with van der Waals surface area (Å²) < 4.78 is 10.6. The van der Waals surface area contributed by atoms with Crippen LogP contribution in [0.15, 0.2) is 16.7 Å². The molecule has 2 heterocycles. The van der Waals surface area contributed by atoms with E-state index in [1.807, 2.05) is 20.8 Å². The van der Waals surface area contributed by atoms with Crippen LogP contribution in [0.25, 0.3) is 0 Å². The van der Waals surface area contributed by atoms with Crippen molar-refractivity contribution in [1.82, 2.24) is 10.2 Å². The first-order valence-corrected chi connectivity index (χ1v) is 8.24. The summed E-state index contributed by atoms with van der Waals surface area (Å²) in [6, 6.07) is 1.52. The monoisotopic (exact) mass is 338 g/mol. The van der Waals surface area contributed by atoms with Gasteiger partial charge in [0.1, 0.15) is 17.6 Å². The van der Waals surface area contributed by atoms with E-state index in [1.54, 1.807) is 4.90 Å². The van der Waals surface area contributed by atoms with Crippen molar-refractivity contribution >= 4 is 12.1 Å². The zero-order valence-electron chi connectivity index (χ0n) is 14.5. The number of ether oxygens (including phenoxy) is 1. The molecule has 1 aromatic rings. The van der Waals surface area contributed by atoms with Gasteiger partial charge in [0.05, 0.1) is 12.1 Å². The van der Waals surface area contributed by atoms with Crippen LogP contribution in [-0.2, 0) is 11.3 Å². The predicted octanol–water partition coefficient (Wildman–Crippen LogP) is 2.71. The third kappa shape index (κ3) is 5.56. The molecular weight excluding hydrogens is 312 g/mol. The van der Waals surface area contributed by atoms with Crippen molar-refractivity contribution in [2.24, 2.45) is 5.92 Å². The topological polar surface area (TPSA) is 92.0 Å². The normalized spacial score (nSPS) is 18.0. The van der Waals surface area contributed by atoms with E-state index in [0.29, 0.717) is 18.2 Å². The fourth-order valence-electron chi connectivity index (χ4n) is 2.66. The highest BCUT2D eigenvalue weighted by atomic mass is 16.6. The van der Waals surface area contributed by atoms with E-state index in [-0.39, 0.29) is 11.7 Å². The van der Waals surface area contributed by atoms with E-state index < -0.39 is 11.6 Å². The molecule has 7 nitrogen and oxygen atoms in total. The molecule has 7 heteroatoms. The SMILES string of the molecule is CC(C)(C)OC(=O)N1CCC(CCNCc2cc(C(=O)O)co2)C1. The second-order valence-corrected chi connectivity index (χ2v) is 7.15. The summed E-state index contributed by atoms with van der Waals surface area (Å²) in [5, 5.41) is 12.1. The van der Waals surface area contributed by atoms with Gasteiger partial charge in [-0.05, 0) is 52.1 Å². The van der Waals surface area contributed by atoms with Crippen molar-refractivity contribution in [2.45, 2.75) is 45.8 Å². The minimum atomic E-state index is -0.988. The molecule has 0 aromatic carbocycles. The number of carboxylic acid groups (broad SMARTS) is 1. The van der Waals surface area contributed by atoms with Gasteiger partial charge in [-0.3, -0.25) is 0 Å². The van der Waals surface area contributed by atoms with E-state index in [2.05, 4.69) is 5.32 Å². The molecule has 1 aromatic heterocycles. The summed E-state index contributed by atoms with van der Waals surface area (Å²) in [5.74, 6) is 0.0728. The Morgan fingerprint density at radius 1 is 1.46 bits per heavy atom. The molecule has 0 spiro atoms. The minimum absolute atomic E-state index is 0.163. The quantitative estimate of drug-likeness (QED) is 0.775. The van der Waals surface area contributed by atoms with Gasteiger partial charge < -0.3 is 24.5 Å². The molecule has 0 aliphatic carbocycles. The van der Waals surface area contributed by atoms with Crippen molar-refractivity contribution in [3.05, 3.63) is 23.7 Å². The number of likely N-dealkylation sites (tertiary alicyclic amines) is 1. The van der Waals surface area contributed by atoms with Crippen LogP contribution in [-0.4, -0.2) is 47.3 Å². The molecular formula is C17H26N2O5. The number of furan rings is 1. The number of nitrogens with one attached hydrogen (secondary N) is 1. The Morgan fingerprint density at radius 2 is 2.21 bits per heavy atom. The molecule has 0 radical (unpaired) electrons. The van der Waals surface area contributed by atoms with Crippen LogP contribution in [0.5, 0.6) is 0 Å². The maximum Gasteiger partial charge on any atom is 0.410 e. The fourth-order valence-corrected chi connectivity index (χ4v) is 2.66. The lowest BCUT2D eigenvalue weighted by Gasteiger charge is -2.24. The number of hydrogen-bond acceptors (Lipinski definition) is 5. The molecule has 1 unspecified atom stereocenters. The van der Waals surface area contributed by atoms with Crippen LogP contribution in [0.3, 0.4) is 0 Å². The summed E-state index contributed by atoms with van der Waals surface area (Å²) in [5.41, 5.74) is -0.301. The lowest BCUT2D eigenvalue weighted by molar-refractivity contribution is 0.0287. The molecule has 0 saturated carbocycles. The van der Waals surface area contributed by atoms with Gasteiger partial charge >= 0.3 is 12.1 Å². The number of nitrogens with zero attached hydrogens (tertiary/aromatic N) is 1. The number of rotatable bonds is 6. The van der Waals surface area contributed by atoms with Crippen molar-refractivity contribution in [2.75, 3.05) is 19.6 Å². The average Bonchev–Trinajstić information content (AvgIpc) is 3.11. The van der Waals surface area contributed by atoms with Crippen LogP contribution in [0.2, 0.25) is 0 Å². The van der Waals surface area contributed by atoms with Crippen LogP contribution in [0.4, 0.5) is 4.79 Å². The van der Waals surface area contributed by atoms with Gasteiger partial charge in [-0.15, -0.1) is 0 Å². The molecule has 1 aliphatic heterocycles. The Morgan fingerprint density at radius 3 is 2.83 bits per heavy atom. The van der Waals surface area contributed by atoms with Crippen molar-refractivity contribution in [3.63, 3.8) is 0 Å². The van der Waals surface area contributed by atoms with E-state index in [1.165, 1.54) is 12.3 Å². The van der Waals surface area contributed by atoms with Crippen LogP contribution >= 0.6 is 0 Å². The average molecular weight is 338 g/mol. The molecule has 1 aliphatic rings. The molecule has 2 N–H and O–H groups in total. The van der Waals surface area contributed by atoms with Crippen molar-refractivity contribution in [1.29, 1.82) is 0 Å². The maximum absolute atomic E-state index is 12.0. The van der Waals surface area contributed by atoms with Gasteiger partial charge in [0.25, 0.3) is 0 Å². The smallest absolute Gasteiger partial charge is 0.410 e. The third-order valence-electron chi connectivity index (χ3n) is 3.87. The molecule has 2 rings (SSSR count). The molecule has 1 atom stereocenters. The van der Waals surface area contributed by atoms with Crippen LogP contribution in [0.1, 0.15) is 49.7 Å². The molecule has 134 valence electrons. The second-order valence-electron chi connectivity index (χ2n) is 7.15. The Hall–Kier alpha value is -2.02. The first-order chi connectivity index (χ1) is 11.2. The van der Waals surface area contributed by atoms with Crippen molar-refractivity contribution in [3.8, 4) is 0 Å². The maximum atomic E-state index is 12.0. The molecule has 1 fully saturated rings. The van der Waals surface area contributed by atoms with E-state index in [0.717, 1.165) is 32.5 Å². The standard InChI is InChI=1S/C17H26N2O5/c1-17(2,3)24-16(22)19-7-5-12(10-19)4-6-18-9-14-8-13(11-23-14)15(20)21/h8,11-12,18H,4-7,9-10H2,1-3H3,(H,20,21). The summed E-state index contributed by atoms with van der Waals surface area (Å²) in [6.07, 6.45) is 2.93. The first kappa shape index (κ1) is 18.3. The number of aromatic carboxylic acids is 1. The zero-order chi connectivity index (χ0) is 17.7. The van der Waals surface area contributed by atoms with E-state index in [4.69, 9.17) is 14.3 Å². The minimum Gasteiger partial charge on any atom is -0.478 e. The van der Waals surface area contributed by atoms with Gasteiger partial charge in [0.15, 0.2) is 0 Å². The summed E-state index contributed by atoms with van der Waals surface area (Å²) in [7, 11) is 0. The van der Waals surface area contributed by atoms with E-state index >= 15 is 0 Å². The van der Waals surface area contributed by atoms with E-state index in [9.17, 15) is 9.59 Å². The summed E-state index contributed by atoms with van der Waals surface area (Å²) in [6.45, 7) is 8.35. The molecule has 1 saturated heterocycles. The Labute approximate surface area is 142 Å². The fraction of sp³-hybridized carbons (Fsp3) is 0.647. The molecule has 24 heavy (non-hydrogen) atoms. The molecule has 0 bridgehead atoms. The summed E-state index contributed by atoms with van der Waals surface area (Å²) >= 11 is 0.